The maximum Gasteiger partial charge on any atom is 0.505 e. The molecular formula is C4H7BF3S-. The first-order chi connectivity index (χ1) is 3.98. The highest BCUT2D eigenvalue weighted by Gasteiger charge is 2.25. The van der Waals surface area contributed by atoms with E-state index in [0.29, 0.717) is 0 Å². The number of halogens is 3. The molecule has 0 radical (unpaired) electrons. The van der Waals surface area contributed by atoms with Gasteiger partial charge in [0.2, 0.25) is 0 Å². The van der Waals surface area contributed by atoms with Gasteiger partial charge < -0.3 is 12.9 Å². The van der Waals surface area contributed by atoms with Crippen molar-refractivity contribution in [1.29, 1.82) is 0 Å². The highest BCUT2D eigenvalue weighted by molar-refractivity contribution is 7.98. The van der Waals surface area contributed by atoms with E-state index in [0.717, 1.165) is 11.8 Å². The van der Waals surface area contributed by atoms with Crippen LogP contribution in [0.1, 0.15) is 0 Å². The van der Waals surface area contributed by atoms with E-state index in [-0.39, 0.29) is 5.75 Å². The summed E-state index contributed by atoms with van der Waals surface area (Å²) in [4.78, 5) is 0. The smallest absolute Gasteiger partial charge is 0.445 e. The summed E-state index contributed by atoms with van der Waals surface area (Å²) in [6.07, 6.45) is 1.62. The summed E-state index contributed by atoms with van der Waals surface area (Å²) in [7, 11) is 0. The van der Waals surface area contributed by atoms with Crippen LogP contribution in [0.4, 0.5) is 12.9 Å². The van der Waals surface area contributed by atoms with E-state index < -0.39 is 12.4 Å². The molecule has 0 aliphatic heterocycles. The summed E-state index contributed by atoms with van der Waals surface area (Å²) in [6.45, 7) is -1.89. The van der Waals surface area contributed by atoms with Crippen molar-refractivity contribution >= 4 is 18.7 Å². The van der Waals surface area contributed by atoms with Crippen LogP contribution in [0.2, 0.25) is 0 Å². The molecule has 0 N–H and O–H groups in total. The molecule has 0 aliphatic rings. The van der Waals surface area contributed by atoms with Gasteiger partial charge in [-0.05, 0) is 12.0 Å². The topological polar surface area (TPSA) is 0 Å². The van der Waals surface area contributed by atoms with Gasteiger partial charge in [0.25, 0.3) is 0 Å². The first-order valence-corrected chi connectivity index (χ1v) is 3.74. The van der Waals surface area contributed by atoms with Crippen LogP contribution >= 0.6 is 11.8 Å². The third-order valence-corrected chi connectivity index (χ3v) is 1.45. The Morgan fingerprint density at radius 3 is 2.11 bits per heavy atom. The molecule has 0 nitrogen and oxygen atoms in total. The first kappa shape index (κ1) is 8.94. The lowest BCUT2D eigenvalue weighted by atomic mass is 9.82. The molecule has 0 aromatic heterocycles. The molecule has 0 saturated heterocycles. The molecule has 0 aliphatic carbocycles. The average Bonchev–Trinajstić information content (AvgIpc) is 1.64. The van der Waals surface area contributed by atoms with Gasteiger partial charge in [-0.25, -0.2) is 0 Å². The van der Waals surface area contributed by atoms with Gasteiger partial charge in [0, 0.05) is 0 Å². The van der Waals surface area contributed by atoms with Crippen LogP contribution in [0.3, 0.4) is 0 Å². The van der Waals surface area contributed by atoms with Crippen molar-refractivity contribution in [1.82, 2.24) is 0 Å². The summed E-state index contributed by atoms with van der Waals surface area (Å²) in [5.74, 6) is -0.0104. The van der Waals surface area contributed by atoms with Crippen LogP contribution < -0.4 is 0 Å². The molecule has 0 aromatic carbocycles. The van der Waals surface area contributed by atoms with Crippen LogP contribution in [0, 0.1) is 0 Å². The van der Waals surface area contributed by atoms with Crippen LogP contribution in [0.15, 0.2) is 12.1 Å². The Morgan fingerprint density at radius 2 is 2.00 bits per heavy atom. The summed E-state index contributed by atoms with van der Waals surface area (Å²) >= 11 is 1.13. The molecule has 0 heterocycles. The van der Waals surface area contributed by atoms with Crippen molar-refractivity contribution in [2.75, 3.05) is 12.0 Å². The second-order valence-corrected chi connectivity index (χ2v) is 2.53. The zero-order chi connectivity index (χ0) is 7.49. The van der Waals surface area contributed by atoms with Crippen LogP contribution in [0.25, 0.3) is 0 Å². The zero-order valence-corrected chi connectivity index (χ0v) is 5.85. The first-order valence-electron chi connectivity index (χ1n) is 2.35. The Bertz CT molecular complexity index is 109. The molecule has 9 heavy (non-hydrogen) atoms. The van der Waals surface area contributed by atoms with Gasteiger partial charge in [0.05, 0.1) is 0 Å². The van der Waals surface area contributed by atoms with Gasteiger partial charge in [-0.15, -0.1) is 12.1 Å². The zero-order valence-electron chi connectivity index (χ0n) is 5.03. The predicted molar refractivity (Wildman–Crippen MR) is 36.6 cm³/mol. The Morgan fingerprint density at radius 1 is 1.56 bits per heavy atom. The molecule has 0 rings (SSSR count). The lowest BCUT2D eigenvalue weighted by molar-refractivity contribution is 0.491. The van der Waals surface area contributed by atoms with Crippen molar-refractivity contribution in [3.05, 3.63) is 12.1 Å². The molecule has 0 saturated carbocycles. The number of rotatable bonds is 3. The van der Waals surface area contributed by atoms with Crippen molar-refractivity contribution < 1.29 is 12.9 Å². The number of thioether (sulfide) groups is 1. The molecule has 0 unspecified atom stereocenters. The van der Waals surface area contributed by atoms with Gasteiger partial charge >= 0.3 is 6.98 Å². The third kappa shape index (κ3) is 3.51. The van der Waals surface area contributed by atoms with E-state index >= 15 is 0 Å². The summed E-state index contributed by atoms with van der Waals surface area (Å²) in [5.41, 5.74) is -0.609. The normalized spacial score (nSPS) is 11.6. The number of hydrogen-bond donors (Lipinski definition) is 0. The lowest BCUT2D eigenvalue weighted by Gasteiger charge is -2.15. The Balaban J connectivity index is 3.74. The van der Waals surface area contributed by atoms with E-state index in [1.54, 1.807) is 6.26 Å². The molecule has 0 spiro atoms. The van der Waals surface area contributed by atoms with E-state index in [1.165, 1.54) is 0 Å². The summed E-state index contributed by atoms with van der Waals surface area (Å²) in [5, 5.41) is 0. The van der Waals surface area contributed by atoms with Gasteiger partial charge in [-0.3, -0.25) is 0 Å². The number of hydrogen-bond acceptors (Lipinski definition) is 1. The standard InChI is InChI=1S/C4H7BF3S/c1-4(3-9-2)5(6,7)8/h1,3H2,2H3/q-1. The lowest BCUT2D eigenvalue weighted by Crippen LogP contribution is -2.19. The second kappa shape index (κ2) is 3.20. The Kier molecular flexibility index (Phi) is 3.18. The minimum absolute atomic E-state index is 0.0104. The third-order valence-electron chi connectivity index (χ3n) is 0.793. The van der Waals surface area contributed by atoms with Crippen molar-refractivity contribution in [2.45, 2.75) is 0 Å². The molecule has 0 bridgehead atoms. The van der Waals surface area contributed by atoms with E-state index in [9.17, 15) is 12.9 Å². The Labute approximate surface area is 56.6 Å². The van der Waals surface area contributed by atoms with Gasteiger partial charge in [-0.1, -0.05) is 0 Å². The molecule has 0 aromatic rings. The van der Waals surface area contributed by atoms with Gasteiger partial charge in [0.15, 0.2) is 0 Å². The second-order valence-electron chi connectivity index (χ2n) is 1.67. The fourth-order valence-electron chi connectivity index (χ4n) is 0.280. The molecule has 0 fully saturated rings. The van der Waals surface area contributed by atoms with Gasteiger partial charge in [-0.2, -0.15) is 11.8 Å². The SMILES string of the molecule is C=C(CSC)[B-](F)(F)F. The van der Waals surface area contributed by atoms with Gasteiger partial charge in [0.1, 0.15) is 0 Å². The van der Waals surface area contributed by atoms with Crippen molar-refractivity contribution in [3.8, 4) is 0 Å². The molecular weight excluding hydrogens is 148 g/mol. The molecule has 5 heteroatoms. The minimum Gasteiger partial charge on any atom is -0.445 e. The Hall–Kier alpha value is -0.0551. The van der Waals surface area contributed by atoms with E-state index in [4.69, 9.17) is 0 Å². The van der Waals surface area contributed by atoms with E-state index in [1.807, 2.05) is 0 Å². The van der Waals surface area contributed by atoms with Crippen LogP contribution in [-0.4, -0.2) is 19.0 Å². The molecule has 54 valence electrons. The quantitative estimate of drug-likeness (QED) is 0.563. The van der Waals surface area contributed by atoms with Crippen LogP contribution in [0.5, 0.6) is 0 Å². The fraction of sp³-hybridized carbons (Fsp3) is 0.500. The molecule has 0 amide bonds. The fourth-order valence-corrected chi connectivity index (χ4v) is 0.840. The highest BCUT2D eigenvalue weighted by Crippen LogP contribution is 2.20. The highest BCUT2D eigenvalue weighted by atomic mass is 32.2. The maximum absolute atomic E-state index is 11.6. The molecule has 0 atom stereocenters. The largest absolute Gasteiger partial charge is 0.505 e. The average molecular weight is 155 g/mol. The monoisotopic (exact) mass is 155 g/mol. The summed E-state index contributed by atoms with van der Waals surface area (Å²) < 4.78 is 34.8. The van der Waals surface area contributed by atoms with E-state index in [2.05, 4.69) is 6.58 Å². The van der Waals surface area contributed by atoms with Crippen LogP contribution in [-0.2, 0) is 0 Å². The van der Waals surface area contributed by atoms with Crippen molar-refractivity contribution in [3.63, 3.8) is 0 Å². The predicted octanol–water partition coefficient (Wildman–Crippen LogP) is 2.29. The summed E-state index contributed by atoms with van der Waals surface area (Å²) in [6, 6.07) is 0. The maximum atomic E-state index is 11.6. The van der Waals surface area contributed by atoms with Crippen molar-refractivity contribution in [2.24, 2.45) is 0 Å². The minimum atomic E-state index is -4.79.